The number of phenolic OH excluding ortho intramolecular Hbond substituents is 2. The zero-order valence-electron chi connectivity index (χ0n) is 19.3. The first kappa shape index (κ1) is 24.3. The van der Waals surface area contributed by atoms with Crippen LogP contribution in [0.5, 0.6) is 28.7 Å². The van der Waals surface area contributed by atoms with Crippen molar-refractivity contribution in [3.8, 4) is 28.7 Å². The quantitative estimate of drug-likeness (QED) is 0.398. The van der Waals surface area contributed by atoms with Crippen LogP contribution in [-0.2, 0) is 19.4 Å². The van der Waals surface area contributed by atoms with Crippen molar-refractivity contribution in [2.75, 3.05) is 27.9 Å². The van der Waals surface area contributed by atoms with Crippen molar-refractivity contribution in [2.45, 2.75) is 25.4 Å². The van der Waals surface area contributed by atoms with Crippen molar-refractivity contribution < 1.29 is 24.4 Å². The van der Waals surface area contributed by atoms with Gasteiger partial charge in [-0.3, -0.25) is 4.90 Å². The molecular weight excluding hydrogens is 477 g/mol. The fraction of sp³-hybridized carbons (Fsp3) is 0.308. The number of ether oxygens (including phenoxy) is 3. The molecule has 1 atom stereocenters. The maximum Gasteiger partial charge on any atom is 0.203 e. The Morgan fingerprint density at radius 3 is 2.15 bits per heavy atom. The molecule has 2 N–H and O–H groups in total. The summed E-state index contributed by atoms with van der Waals surface area (Å²) in [6.45, 7) is 1.42. The third-order valence-electron chi connectivity index (χ3n) is 6.23. The van der Waals surface area contributed by atoms with Crippen molar-refractivity contribution in [3.05, 3.63) is 74.8 Å². The third kappa shape index (κ3) is 4.85. The van der Waals surface area contributed by atoms with Gasteiger partial charge in [0.1, 0.15) is 0 Å². The SMILES string of the molecule is COc1cc(CC2c3cc(O)c(O)cc3CCN2Cc2ccc(Cl)c(Cl)c2)cc(OC)c1OC. The van der Waals surface area contributed by atoms with E-state index in [1.54, 1.807) is 39.5 Å². The maximum atomic E-state index is 10.3. The van der Waals surface area contributed by atoms with Gasteiger partial charge in [-0.1, -0.05) is 29.3 Å². The van der Waals surface area contributed by atoms with E-state index in [0.29, 0.717) is 40.3 Å². The van der Waals surface area contributed by atoms with Gasteiger partial charge in [0.05, 0.1) is 31.4 Å². The van der Waals surface area contributed by atoms with Gasteiger partial charge in [-0.2, -0.15) is 0 Å². The normalized spacial score (nSPS) is 15.6. The van der Waals surface area contributed by atoms with Crippen molar-refractivity contribution in [2.24, 2.45) is 0 Å². The molecule has 4 rings (SSSR count). The van der Waals surface area contributed by atoms with Crippen LogP contribution in [0, 0.1) is 0 Å². The summed E-state index contributed by atoms with van der Waals surface area (Å²) in [4.78, 5) is 2.33. The van der Waals surface area contributed by atoms with Gasteiger partial charge in [0.25, 0.3) is 0 Å². The van der Waals surface area contributed by atoms with E-state index in [4.69, 9.17) is 37.4 Å². The molecule has 0 aliphatic carbocycles. The predicted octanol–water partition coefficient (Wildman–Crippen LogP) is 5.77. The zero-order chi connectivity index (χ0) is 24.4. The standard InChI is InChI=1S/C26H27Cl2NO5/c1-32-24-10-16(11-25(33-2)26(24)34-3)9-21-18-13-23(31)22(30)12-17(18)6-7-29(21)14-15-4-5-19(27)20(28)8-15/h4-5,8,10-13,21,30-31H,6-7,9,14H2,1-3H3. The molecule has 1 aliphatic rings. The van der Waals surface area contributed by atoms with E-state index in [-0.39, 0.29) is 17.5 Å². The number of nitrogens with zero attached hydrogens (tertiary/aromatic N) is 1. The second-order valence-corrected chi connectivity index (χ2v) is 9.08. The second kappa shape index (κ2) is 10.2. The summed E-state index contributed by atoms with van der Waals surface area (Å²) in [5.41, 5.74) is 4.00. The lowest BCUT2D eigenvalue weighted by atomic mass is 9.87. The van der Waals surface area contributed by atoms with E-state index in [1.807, 2.05) is 24.3 Å². The number of halogens is 2. The highest BCUT2D eigenvalue weighted by Crippen LogP contribution is 2.43. The van der Waals surface area contributed by atoms with Gasteiger partial charge >= 0.3 is 0 Å². The van der Waals surface area contributed by atoms with Crippen molar-refractivity contribution in [1.82, 2.24) is 4.90 Å². The third-order valence-corrected chi connectivity index (χ3v) is 6.97. The molecule has 0 saturated heterocycles. The molecule has 1 aliphatic heterocycles. The van der Waals surface area contributed by atoms with Crippen LogP contribution in [-0.4, -0.2) is 43.0 Å². The number of methoxy groups -OCH3 is 3. The molecule has 0 amide bonds. The van der Waals surface area contributed by atoms with Gasteiger partial charge in [0.2, 0.25) is 5.75 Å². The molecule has 0 fully saturated rings. The first-order chi connectivity index (χ1) is 16.3. The zero-order valence-corrected chi connectivity index (χ0v) is 20.8. The number of phenols is 2. The summed E-state index contributed by atoms with van der Waals surface area (Å²) in [6, 6.07) is 12.8. The number of hydrogen-bond acceptors (Lipinski definition) is 6. The van der Waals surface area contributed by atoms with Crippen LogP contribution < -0.4 is 14.2 Å². The largest absolute Gasteiger partial charge is 0.504 e. The van der Waals surface area contributed by atoms with E-state index in [0.717, 1.165) is 35.2 Å². The minimum atomic E-state index is -0.134. The molecule has 8 heteroatoms. The molecule has 0 saturated carbocycles. The van der Waals surface area contributed by atoms with Crippen LogP contribution in [0.3, 0.4) is 0 Å². The average molecular weight is 504 g/mol. The van der Waals surface area contributed by atoms with Gasteiger partial charge in [-0.05, 0) is 71.5 Å². The van der Waals surface area contributed by atoms with E-state index < -0.39 is 0 Å². The van der Waals surface area contributed by atoms with Crippen molar-refractivity contribution in [1.29, 1.82) is 0 Å². The Labute approximate surface area is 209 Å². The average Bonchev–Trinajstić information content (AvgIpc) is 2.83. The molecule has 0 spiro atoms. The lowest BCUT2D eigenvalue weighted by Gasteiger charge is -2.38. The molecule has 3 aromatic carbocycles. The van der Waals surface area contributed by atoms with E-state index in [2.05, 4.69) is 4.90 Å². The fourth-order valence-electron chi connectivity index (χ4n) is 4.56. The number of benzene rings is 3. The van der Waals surface area contributed by atoms with Crippen LogP contribution in [0.2, 0.25) is 10.0 Å². The number of rotatable bonds is 7. The van der Waals surface area contributed by atoms with Crippen LogP contribution in [0.15, 0.2) is 42.5 Å². The number of hydrogen-bond donors (Lipinski definition) is 2. The molecule has 3 aromatic rings. The fourth-order valence-corrected chi connectivity index (χ4v) is 4.88. The number of fused-ring (bicyclic) bond motifs is 1. The molecule has 1 heterocycles. The molecule has 0 aromatic heterocycles. The summed E-state index contributed by atoms with van der Waals surface area (Å²) < 4.78 is 16.5. The minimum absolute atomic E-state index is 0.0764. The highest BCUT2D eigenvalue weighted by atomic mass is 35.5. The van der Waals surface area contributed by atoms with E-state index in [9.17, 15) is 10.2 Å². The van der Waals surface area contributed by atoms with Crippen LogP contribution >= 0.6 is 23.2 Å². The van der Waals surface area contributed by atoms with Crippen LogP contribution in [0.25, 0.3) is 0 Å². The molecule has 0 radical (unpaired) electrons. The summed E-state index contributed by atoms with van der Waals surface area (Å²) in [5, 5.41) is 21.4. The Balaban J connectivity index is 1.75. The summed E-state index contributed by atoms with van der Waals surface area (Å²) in [6.07, 6.45) is 1.37. The lowest BCUT2D eigenvalue weighted by Crippen LogP contribution is -2.36. The van der Waals surface area contributed by atoms with Crippen molar-refractivity contribution in [3.63, 3.8) is 0 Å². The van der Waals surface area contributed by atoms with Gasteiger partial charge in [-0.25, -0.2) is 0 Å². The smallest absolute Gasteiger partial charge is 0.203 e. The topological polar surface area (TPSA) is 71.4 Å². The predicted molar refractivity (Wildman–Crippen MR) is 133 cm³/mol. The Kier molecular flexibility index (Phi) is 7.31. The Morgan fingerprint density at radius 1 is 0.853 bits per heavy atom. The summed E-state index contributed by atoms with van der Waals surface area (Å²) >= 11 is 12.4. The Morgan fingerprint density at radius 2 is 1.53 bits per heavy atom. The molecule has 0 bridgehead atoms. The van der Waals surface area contributed by atoms with Gasteiger partial charge in [0, 0.05) is 19.1 Å². The second-order valence-electron chi connectivity index (χ2n) is 8.26. The first-order valence-electron chi connectivity index (χ1n) is 10.9. The lowest BCUT2D eigenvalue weighted by molar-refractivity contribution is 0.174. The van der Waals surface area contributed by atoms with Crippen LogP contribution in [0.1, 0.15) is 28.3 Å². The number of aromatic hydroxyl groups is 2. The van der Waals surface area contributed by atoms with Gasteiger partial charge in [-0.15, -0.1) is 0 Å². The van der Waals surface area contributed by atoms with Crippen LogP contribution in [0.4, 0.5) is 0 Å². The molecular formula is C26H27Cl2NO5. The summed E-state index contributed by atoms with van der Waals surface area (Å²) in [5.74, 6) is 1.45. The van der Waals surface area contributed by atoms with Gasteiger partial charge < -0.3 is 24.4 Å². The monoisotopic (exact) mass is 503 g/mol. The molecule has 34 heavy (non-hydrogen) atoms. The Bertz CT molecular complexity index is 1180. The van der Waals surface area contributed by atoms with Crippen molar-refractivity contribution >= 4 is 23.2 Å². The molecule has 6 nitrogen and oxygen atoms in total. The first-order valence-corrected chi connectivity index (χ1v) is 11.6. The van der Waals surface area contributed by atoms with Gasteiger partial charge in [0.15, 0.2) is 23.0 Å². The van der Waals surface area contributed by atoms with E-state index >= 15 is 0 Å². The van der Waals surface area contributed by atoms with E-state index in [1.165, 1.54) is 0 Å². The molecule has 1 unspecified atom stereocenters. The highest BCUT2D eigenvalue weighted by molar-refractivity contribution is 6.42. The minimum Gasteiger partial charge on any atom is -0.504 e. The molecule has 180 valence electrons. The maximum absolute atomic E-state index is 10.3. The Hall–Kier alpha value is -2.80. The summed E-state index contributed by atoms with van der Waals surface area (Å²) in [7, 11) is 4.76. The highest BCUT2D eigenvalue weighted by Gasteiger charge is 2.30.